The van der Waals surface area contributed by atoms with Crippen LogP contribution in [0.1, 0.15) is 20.8 Å². The highest BCUT2D eigenvalue weighted by atomic mass is 32.2. The average Bonchev–Trinajstić information content (AvgIpc) is 2.44. The van der Waals surface area contributed by atoms with Crippen molar-refractivity contribution in [2.24, 2.45) is 0 Å². The van der Waals surface area contributed by atoms with Crippen molar-refractivity contribution in [2.45, 2.75) is 50.1 Å². The second kappa shape index (κ2) is 7.47. The second-order valence-electron chi connectivity index (χ2n) is 5.09. The first-order valence-corrected chi connectivity index (χ1v) is 8.32. The molecule has 0 spiro atoms. The van der Waals surface area contributed by atoms with Crippen LogP contribution in [0.25, 0.3) is 0 Å². The lowest BCUT2D eigenvalue weighted by Crippen LogP contribution is -2.65. The first kappa shape index (κ1) is 24.2. The number of halogens is 9. The molecule has 0 amide bonds. The molecule has 1 unspecified atom stereocenters. The van der Waals surface area contributed by atoms with Crippen LogP contribution in [-0.4, -0.2) is 62.3 Å². The zero-order valence-corrected chi connectivity index (χ0v) is 14.1. The van der Waals surface area contributed by atoms with Crippen molar-refractivity contribution < 1.29 is 47.9 Å². The monoisotopic (exact) mass is 412 g/mol. The highest BCUT2D eigenvalue weighted by Gasteiger charge is 2.85. The van der Waals surface area contributed by atoms with Gasteiger partial charge in [-0.1, -0.05) is 13.8 Å². The zero-order valence-electron chi connectivity index (χ0n) is 13.3. The van der Waals surface area contributed by atoms with Crippen LogP contribution in [0.15, 0.2) is 0 Å². The fraction of sp³-hybridized carbons (Fsp3) is 1.00. The lowest BCUT2D eigenvalue weighted by Gasteiger charge is -2.33. The minimum atomic E-state index is -7.26. The highest BCUT2D eigenvalue weighted by molar-refractivity contribution is 7.90. The maximum absolute atomic E-state index is 13.4. The second-order valence-corrected chi connectivity index (χ2v) is 6.89. The third kappa shape index (κ3) is 4.32. The van der Waals surface area contributed by atoms with Crippen molar-refractivity contribution in [1.29, 1.82) is 0 Å². The summed E-state index contributed by atoms with van der Waals surface area (Å²) in [5.41, 5.74) is 0. The summed E-state index contributed by atoms with van der Waals surface area (Å²) in [6.07, 6.45) is -7.08. The van der Waals surface area contributed by atoms with Crippen LogP contribution < -0.4 is 4.72 Å². The molecular formula is C11H17F9N2O2S. The maximum Gasteiger partial charge on any atom is 0.460 e. The van der Waals surface area contributed by atoms with E-state index < -0.39 is 45.9 Å². The van der Waals surface area contributed by atoms with Crippen LogP contribution in [-0.2, 0) is 10.0 Å². The first-order chi connectivity index (χ1) is 10.9. The third-order valence-corrected chi connectivity index (χ3v) is 4.94. The Kier molecular flexibility index (Phi) is 7.24. The predicted octanol–water partition coefficient (Wildman–Crippen LogP) is 3.06. The van der Waals surface area contributed by atoms with E-state index >= 15 is 0 Å². The summed E-state index contributed by atoms with van der Waals surface area (Å²) in [5.74, 6) is -14.5. The van der Waals surface area contributed by atoms with Gasteiger partial charge < -0.3 is 0 Å². The van der Waals surface area contributed by atoms with Gasteiger partial charge in [0.05, 0.1) is 0 Å². The molecule has 0 heterocycles. The minimum absolute atomic E-state index is 0.318. The number of hydrogen-bond donors (Lipinski definition) is 1. The van der Waals surface area contributed by atoms with Crippen LogP contribution in [0, 0.1) is 0 Å². The van der Waals surface area contributed by atoms with Gasteiger partial charge in [0, 0.05) is 12.6 Å². The molecule has 0 fully saturated rings. The van der Waals surface area contributed by atoms with E-state index in [2.05, 4.69) is 0 Å². The summed E-state index contributed by atoms with van der Waals surface area (Å²) in [6.45, 7) is 4.28. The lowest BCUT2D eigenvalue weighted by atomic mass is 10.1. The predicted molar refractivity (Wildman–Crippen MR) is 70.2 cm³/mol. The topological polar surface area (TPSA) is 49.4 Å². The first-order valence-electron chi connectivity index (χ1n) is 6.84. The molecule has 0 saturated heterocycles. The summed E-state index contributed by atoms with van der Waals surface area (Å²) in [7, 11) is -6.55. The Balaban J connectivity index is 5.61. The number of likely N-dealkylation sites (N-methyl/N-ethyl adjacent to an activating group) is 1. The zero-order chi connectivity index (χ0) is 20.5. The quantitative estimate of drug-likeness (QED) is 0.593. The Morgan fingerprint density at radius 1 is 0.880 bits per heavy atom. The molecule has 0 bridgehead atoms. The minimum Gasteiger partial charge on any atom is -0.300 e. The molecule has 4 nitrogen and oxygen atoms in total. The van der Waals surface area contributed by atoms with Gasteiger partial charge in [0.1, 0.15) is 0 Å². The van der Waals surface area contributed by atoms with Crippen LogP contribution in [0.5, 0.6) is 0 Å². The van der Waals surface area contributed by atoms with E-state index in [1.165, 1.54) is 11.8 Å². The van der Waals surface area contributed by atoms with E-state index in [0.29, 0.717) is 13.1 Å². The molecule has 0 aliphatic carbocycles. The summed E-state index contributed by atoms with van der Waals surface area (Å²) in [5, 5.41) is -6.71. The summed E-state index contributed by atoms with van der Waals surface area (Å²) >= 11 is 0. The number of nitrogens with zero attached hydrogens (tertiary/aromatic N) is 1. The fourth-order valence-electron chi connectivity index (χ4n) is 1.83. The van der Waals surface area contributed by atoms with E-state index in [0.717, 1.165) is 4.72 Å². The highest BCUT2D eigenvalue weighted by Crippen LogP contribution is 2.54. The van der Waals surface area contributed by atoms with E-state index in [1.54, 1.807) is 13.8 Å². The van der Waals surface area contributed by atoms with Crippen LogP contribution >= 0.6 is 0 Å². The van der Waals surface area contributed by atoms with Gasteiger partial charge >= 0.3 is 23.3 Å². The van der Waals surface area contributed by atoms with Crippen LogP contribution in [0.2, 0.25) is 0 Å². The van der Waals surface area contributed by atoms with Gasteiger partial charge in [0.2, 0.25) is 0 Å². The molecule has 0 aliphatic rings. The van der Waals surface area contributed by atoms with Crippen molar-refractivity contribution in [3.63, 3.8) is 0 Å². The standard InChI is InChI=1S/C11H17F9N2O2S/c1-4-22(5-2)7(3)6-21-25(23,24)11(19,20)9(14,15)8(12,13)10(16,17)18/h7,21H,4-6H2,1-3H3. The van der Waals surface area contributed by atoms with Crippen LogP contribution in [0.4, 0.5) is 39.5 Å². The molecule has 0 aromatic rings. The number of alkyl halides is 9. The van der Waals surface area contributed by atoms with Gasteiger partial charge in [-0.05, 0) is 20.0 Å². The normalized spacial score (nSPS) is 16.4. The number of nitrogens with one attached hydrogen (secondary N) is 1. The molecule has 1 N–H and O–H groups in total. The molecule has 1 atom stereocenters. The molecule has 0 saturated carbocycles. The van der Waals surface area contributed by atoms with Crippen molar-refractivity contribution in [3.8, 4) is 0 Å². The van der Waals surface area contributed by atoms with E-state index in [4.69, 9.17) is 0 Å². The lowest BCUT2D eigenvalue weighted by molar-refractivity contribution is -0.382. The molecule has 0 rings (SSSR count). The molecule has 152 valence electrons. The van der Waals surface area contributed by atoms with Crippen molar-refractivity contribution in [2.75, 3.05) is 19.6 Å². The Hall–Kier alpha value is -0.760. The smallest absolute Gasteiger partial charge is 0.300 e. The number of sulfonamides is 1. The molecule has 0 aromatic heterocycles. The van der Waals surface area contributed by atoms with E-state index in [-0.39, 0.29) is 0 Å². The largest absolute Gasteiger partial charge is 0.460 e. The van der Waals surface area contributed by atoms with Gasteiger partial charge in [-0.15, -0.1) is 0 Å². The van der Waals surface area contributed by atoms with Crippen LogP contribution in [0.3, 0.4) is 0 Å². The van der Waals surface area contributed by atoms with Gasteiger partial charge in [-0.3, -0.25) is 4.90 Å². The van der Waals surface area contributed by atoms with Gasteiger partial charge in [0.15, 0.2) is 0 Å². The Morgan fingerprint density at radius 3 is 1.60 bits per heavy atom. The van der Waals surface area contributed by atoms with Crippen molar-refractivity contribution in [1.82, 2.24) is 9.62 Å². The molecule has 0 aromatic carbocycles. The fourth-order valence-corrected chi connectivity index (χ4v) is 2.93. The van der Waals surface area contributed by atoms with Crippen molar-refractivity contribution in [3.05, 3.63) is 0 Å². The van der Waals surface area contributed by atoms with E-state index in [9.17, 15) is 47.9 Å². The molecule has 0 aliphatic heterocycles. The number of hydrogen-bond acceptors (Lipinski definition) is 3. The maximum atomic E-state index is 13.4. The SMILES string of the molecule is CCN(CC)C(C)CNS(=O)(=O)C(F)(F)C(F)(F)C(F)(F)C(F)(F)F. The molecule has 14 heteroatoms. The summed E-state index contributed by atoms with van der Waals surface area (Å²) < 4.78 is 138. The molecular weight excluding hydrogens is 395 g/mol. The summed E-state index contributed by atoms with van der Waals surface area (Å²) in [4.78, 5) is 1.50. The Morgan fingerprint density at radius 2 is 1.28 bits per heavy atom. The van der Waals surface area contributed by atoms with Gasteiger partial charge in [-0.25, -0.2) is 13.1 Å². The number of rotatable bonds is 9. The third-order valence-electron chi connectivity index (χ3n) is 3.46. The molecule has 0 radical (unpaired) electrons. The average molecular weight is 412 g/mol. The molecule has 25 heavy (non-hydrogen) atoms. The summed E-state index contributed by atoms with van der Waals surface area (Å²) in [6, 6.07) is -0.808. The van der Waals surface area contributed by atoms with Gasteiger partial charge in [0.25, 0.3) is 10.0 Å². The van der Waals surface area contributed by atoms with E-state index in [1.807, 2.05) is 0 Å². The van der Waals surface area contributed by atoms with Gasteiger partial charge in [-0.2, -0.15) is 39.5 Å². The van der Waals surface area contributed by atoms with Crippen molar-refractivity contribution >= 4 is 10.0 Å². The Labute approximate surface area is 138 Å². The Bertz CT molecular complexity index is 544.